The van der Waals surface area contributed by atoms with E-state index in [1.165, 1.54) is 4.31 Å². The number of ether oxygens (including phenoxy) is 4. The van der Waals surface area contributed by atoms with Gasteiger partial charge < -0.3 is 29.4 Å². The molecule has 3 fully saturated rings. The first kappa shape index (κ1) is 30.0. The molecular weight excluding hydrogens is 548 g/mol. The monoisotopic (exact) mass is 590 g/mol. The molecule has 1 saturated carbocycles. The molecule has 2 aliphatic heterocycles. The Morgan fingerprint density at radius 3 is 2.59 bits per heavy atom. The maximum absolute atomic E-state index is 13.7. The van der Waals surface area contributed by atoms with Crippen molar-refractivity contribution in [2.75, 3.05) is 33.4 Å². The number of amides is 1. The van der Waals surface area contributed by atoms with Crippen LogP contribution in [0.4, 0.5) is 4.79 Å². The third kappa shape index (κ3) is 6.80. The standard InChI is InChI=1S/C30H42N2O8S/c1-19(2)15-32(41(35,36)23-11-9-22(37-3)10-12-23)16-27(33)26(13-20-7-5-4-6-8-20)31-30(34)40-28-21-14-24-25(28)18-39-29(24)38-17-21/h4-11,19,21,23-29,33H,12-18H2,1-3H3,(H,31,34)/t21?,23?,24?,25?,26-,27+,28?,29?/m0/s1. The van der Waals surface area contributed by atoms with E-state index < -0.39 is 33.5 Å². The van der Waals surface area contributed by atoms with E-state index in [1.807, 2.05) is 44.2 Å². The number of carbonyl (C=O) groups excluding carboxylic acids is 1. The van der Waals surface area contributed by atoms with E-state index >= 15 is 0 Å². The summed E-state index contributed by atoms with van der Waals surface area (Å²) in [6.07, 6.45) is 4.19. The van der Waals surface area contributed by atoms with E-state index in [0.717, 1.165) is 12.0 Å². The molecule has 5 rings (SSSR count). The van der Waals surface area contributed by atoms with Crippen LogP contribution in [0.15, 0.2) is 54.3 Å². The molecule has 226 valence electrons. The van der Waals surface area contributed by atoms with E-state index in [4.69, 9.17) is 18.9 Å². The lowest BCUT2D eigenvalue weighted by Crippen LogP contribution is -2.53. The van der Waals surface area contributed by atoms with Gasteiger partial charge in [0.05, 0.1) is 37.7 Å². The maximum atomic E-state index is 13.7. The number of nitrogens with zero attached hydrogens (tertiary/aromatic N) is 1. The fourth-order valence-corrected chi connectivity index (χ4v) is 8.35. The molecule has 0 aromatic heterocycles. The lowest BCUT2D eigenvalue weighted by Gasteiger charge is -2.33. The highest BCUT2D eigenvalue weighted by Crippen LogP contribution is 2.49. The van der Waals surface area contributed by atoms with Crippen LogP contribution in [0, 0.1) is 23.7 Å². The Labute approximate surface area is 242 Å². The summed E-state index contributed by atoms with van der Waals surface area (Å²) in [5.41, 5.74) is 0.903. The number of rotatable bonds is 12. The largest absolute Gasteiger partial charge is 0.497 e. The highest BCUT2D eigenvalue weighted by molar-refractivity contribution is 7.89. The van der Waals surface area contributed by atoms with Crippen LogP contribution in [0.1, 0.15) is 32.3 Å². The molecule has 2 N–H and O–H groups in total. The number of methoxy groups -OCH3 is 1. The summed E-state index contributed by atoms with van der Waals surface area (Å²) in [4.78, 5) is 13.2. The van der Waals surface area contributed by atoms with Crippen LogP contribution in [0.5, 0.6) is 0 Å². The topological polar surface area (TPSA) is 124 Å². The summed E-state index contributed by atoms with van der Waals surface area (Å²) in [7, 11) is -2.26. The normalized spacial score (nSPS) is 30.2. The van der Waals surface area contributed by atoms with E-state index in [0.29, 0.717) is 25.4 Å². The van der Waals surface area contributed by atoms with E-state index in [9.17, 15) is 18.3 Å². The first-order valence-electron chi connectivity index (χ1n) is 14.5. The molecule has 11 heteroatoms. The molecule has 1 aromatic rings. The molecule has 2 bridgehead atoms. The highest BCUT2D eigenvalue weighted by atomic mass is 32.2. The number of fused-ring (bicyclic) bond motifs is 1. The van der Waals surface area contributed by atoms with Gasteiger partial charge in [-0.05, 0) is 42.9 Å². The molecule has 4 aliphatic rings. The second-order valence-corrected chi connectivity index (χ2v) is 14.1. The number of allylic oxidation sites excluding steroid dienone is 2. The van der Waals surface area contributed by atoms with Crippen molar-refractivity contribution >= 4 is 16.1 Å². The average Bonchev–Trinajstić information content (AvgIpc) is 3.49. The molecule has 2 heterocycles. The number of benzene rings is 1. The van der Waals surface area contributed by atoms with Gasteiger partial charge in [0.1, 0.15) is 11.9 Å². The van der Waals surface area contributed by atoms with E-state index in [1.54, 1.807) is 25.3 Å². The molecule has 0 spiro atoms. The summed E-state index contributed by atoms with van der Waals surface area (Å²) in [6.45, 7) is 4.93. The van der Waals surface area contributed by atoms with Gasteiger partial charge in [0.15, 0.2) is 6.29 Å². The van der Waals surface area contributed by atoms with Gasteiger partial charge in [-0.1, -0.05) is 50.3 Å². The van der Waals surface area contributed by atoms with Gasteiger partial charge in [0, 0.05) is 30.8 Å². The van der Waals surface area contributed by atoms with Crippen molar-refractivity contribution in [1.29, 1.82) is 0 Å². The molecule has 10 nitrogen and oxygen atoms in total. The maximum Gasteiger partial charge on any atom is 0.407 e. The van der Waals surface area contributed by atoms with Gasteiger partial charge in [-0.15, -0.1) is 0 Å². The van der Waals surface area contributed by atoms with Gasteiger partial charge in [-0.3, -0.25) is 0 Å². The molecule has 1 amide bonds. The Morgan fingerprint density at radius 1 is 1.15 bits per heavy atom. The zero-order chi connectivity index (χ0) is 29.1. The van der Waals surface area contributed by atoms with Crippen molar-refractivity contribution in [1.82, 2.24) is 9.62 Å². The van der Waals surface area contributed by atoms with Crippen molar-refractivity contribution in [2.45, 2.75) is 62.9 Å². The van der Waals surface area contributed by atoms with Gasteiger partial charge in [0.2, 0.25) is 10.0 Å². The minimum atomic E-state index is -3.80. The van der Waals surface area contributed by atoms with Crippen LogP contribution >= 0.6 is 0 Å². The summed E-state index contributed by atoms with van der Waals surface area (Å²) in [5.74, 6) is 1.10. The van der Waals surface area contributed by atoms with Crippen LogP contribution in [-0.4, -0.2) is 87.1 Å². The minimum absolute atomic E-state index is 0.0292. The van der Waals surface area contributed by atoms with Gasteiger partial charge >= 0.3 is 6.09 Å². The van der Waals surface area contributed by atoms with Crippen molar-refractivity contribution in [2.24, 2.45) is 23.7 Å². The molecule has 2 aliphatic carbocycles. The zero-order valence-electron chi connectivity index (χ0n) is 23.9. The average molecular weight is 591 g/mol. The molecule has 8 atom stereocenters. The smallest absolute Gasteiger partial charge is 0.407 e. The molecular formula is C30H42N2O8S. The molecule has 41 heavy (non-hydrogen) atoms. The van der Waals surface area contributed by atoms with Crippen molar-refractivity contribution in [3.63, 3.8) is 0 Å². The Bertz CT molecular complexity index is 1220. The highest BCUT2D eigenvalue weighted by Gasteiger charge is 2.56. The Hall–Kier alpha value is -2.44. The van der Waals surface area contributed by atoms with Crippen molar-refractivity contribution in [3.05, 3.63) is 59.9 Å². The first-order valence-corrected chi connectivity index (χ1v) is 16.0. The van der Waals surface area contributed by atoms with Gasteiger partial charge in [-0.25, -0.2) is 13.2 Å². The van der Waals surface area contributed by atoms with Crippen molar-refractivity contribution < 1.29 is 37.3 Å². The number of hydrogen-bond donors (Lipinski definition) is 2. The van der Waals surface area contributed by atoms with Crippen LogP contribution in [0.2, 0.25) is 0 Å². The second kappa shape index (κ2) is 12.8. The zero-order valence-corrected chi connectivity index (χ0v) is 24.7. The van der Waals surface area contributed by atoms with E-state index in [-0.39, 0.29) is 55.6 Å². The number of aliphatic hydroxyl groups is 1. The van der Waals surface area contributed by atoms with Gasteiger partial charge in [-0.2, -0.15) is 4.31 Å². The Morgan fingerprint density at radius 2 is 1.90 bits per heavy atom. The van der Waals surface area contributed by atoms with Crippen LogP contribution in [-0.2, 0) is 35.4 Å². The summed E-state index contributed by atoms with van der Waals surface area (Å²) in [6, 6.07) is 8.72. The Kier molecular flexibility index (Phi) is 9.40. The summed E-state index contributed by atoms with van der Waals surface area (Å²) >= 11 is 0. The number of aliphatic hydroxyl groups excluding tert-OH is 1. The summed E-state index contributed by atoms with van der Waals surface area (Å²) in [5, 5.41) is 13.6. The minimum Gasteiger partial charge on any atom is -0.497 e. The lowest BCUT2D eigenvalue weighted by molar-refractivity contribution is -0.169. The lowest BCUT2D eigenvalue weighted by atomic mass is 9.98. The fourth-order valence-electron chi connectivity index (χ4n) is 6.48. The quantitative estimate of drug-likeness (QED) is 0.381. The number of nitrogens with one attached hydrogen (secondary N) is 1. The van der Waals surface area contributed by atoms with Gasteiger partial charge in [0.25, 0.3) is 0 Å². The third-order valence-corrected chi connectivity index (χ3v) is 10.7. The summed E-state index contributed by atoms with van der Waals surface area (Å²) < 4.78 is 51.5. The molecule has 1 aromatic carbocycles. The van der Waals surface area contributed by atoms with Crippen LogP contribution < -0.4 is 5.32 Å². The fraction of sp³-hybridized carbons (Fsp3) is 0.633. The Balaban J connectivity index is 1.30. The third-order valence-electron chi connectivity index (χ3n) is 8.56. The van der Waals surface area contributed by atoms with Crippen LogP contribution in [0.25, 0.3) is 0 Å². The predicted octanol–water partition coefficient (Wildman–Crippen LogP) is 2.84. The second-order valence-electron chi connectivity index (χ2n) is 11.9. The molecule has 2 saturated heterocycles. The number of alkyl carbamates (subject to hydrolysis) is 1. The molecule has 0 radical (unpaired) electrons. The SMILES string of the molecule is COC1=CCC(S(=O)(=O)N(CC(C)C)C[C@@H](O)[C@H](Cc2ccccc2)NC(=O)OC2C3COC4OCC2C4C3)C=C1. The van der Waals surface area contributed by atoms with Crippen molar-refractivity contribution in [3.8, 4) is 0 Å². The molecule has 6 unspecified atom stereocenters. The van der Waals surface area contributed by atoms with E-state index in [2.05, 4.69) is 5.32 Å². The predicted molar refractivity (Wildman–Crippen MR) is 152 cm³/mol. The number of sulfonamides is 1. The number of hydrogen-bond acceptors (Lipinski definition) is 8. The first-order chi connectivity index (χ1) is 19.7. The van der Waals surface area contributed by atoms with Crippen LogP contribution in [0.3, 0.4) is 0 Å². The number of carbonyl (C=O) groups is 1.